The Kier molecular flexibility index (Phi) is 4.46. The predicted molar refractivity (Wildman–Crippen MR) is 87.8 cm³/mol. The van der Waals surface area contributed by atoms with E-state index in [1.165, 1.54) is 12.4 Å². The van der Waals surface area contributed by atoms with Gasteiger partial charge in [-0.15, -0.1) is 0 Å². The topological polar surface area (TPSA) is 82.4 Å². The number of hydrogen-bond donors (Lipinski definition) is 0. The number of hydrogen-bond acceptors (Lipinski definition) is 6. The van der Waals surface area contributed by atoms with Crippen molar-refractivity contribution in [2.24, 2.45) is 0 Å². The summed E-state index contributed by atoms with van der Waals surface area (Å²) in [7, 11) is 0. The third-order valence-electron chi connectivity index (χ3n) is 4.76. The molecule has 132 valence electrons. The standard InChI is InChI=1S/C17H21N5O3/c23-16(14-3-6-18-19-10-14)21-8-9-24-13-17(12-21)4-2-15(25-17)11-22-7-1-5-20-22/h1,3,5-7,10,15H,2,4,8-9,11-13H2/t15-,17+/m1/s1. The van der Waals surface area contributed by atoms with Crippen LogP contribution in [0.5, 0.6) is 0 Å². The van der Waals surface area contributed by atoms with Crippen molar-refractivity contribution < 1.29 is 14.3 Å². The molecule has 4 rings (SSSR count). The molecule has 0 aromatic carbocycles. The van der Waals surface area contributed by atoms with E-state index in [1.807, 2.05) is 16.9 Å². The first-order valence-corrected chi connectivity index (χ1v) is 8.53. The maximum absolute atomic E-state index is 12.8. The lowest BCUT2D eigenvalue weighted by molar-refractivity contribution is -0.0881. The zero-order chi connectivity index (χ0) is 17.1. The van der Waals surface area contributed by atoms with Crippen LogP contribution in [0.1, 0.15) is 23.2 Å². The van der Waals surface area contributed by atoms with Crippen molar-refractivity contribution in [3.63, 3.8) is 0 Å². The van der Waals surface area contributed by atoms with E-state index in [2.05, 4.69) is 15.3 Å². The van der Waals surface area contributed by atoms with E-state index < -0.39 is 5.60 Å². The fraction of sp³-hybridized carbons (Fsp3) is 0.529. The summed E-state index contributed by atoms with van der Waals surface area (Å²) >= 11 is 0. The number of aromatic nitrogens is 4. The molecule has 8 heteroatoms. The smallest absolute Gasteiger partial charge is 0.255 e. The van der Waals surface area contributed by atoms with Crippen LogP contribution in [0.25, 0.3) is 0 Å². The van der Waals surface area contributed by atoms with Crippen LogP contribution in [-0.2, 0) is 16.0 Å². The Morgan fingerprint density at radius 3 is 3.12 bits per heavy atom. The lowest BCUT2D eigenvalue weighted by atomic mass is 10.00. The zero-order valence-electron chi connectivity index (χ0n) is 14.0. The van der Waals surface area contributed by atoms with E-state index in [4.69, 9.17) is 9.47 Å². The van der Waals surface area contributed by atoms with E-state index in [0.29, 0.717) is 31.9 Å². The number of rotatable bonds is 3. The molecule has 0 unspecified atom stereocenters. The summed E-state index contributed by atoms with van der Waals surface area (Å²) < 4.78 is 14.0. The van der Waals surface area contributed by atoms with Gasteiger partial charge in [0.2, 0.25) is 0 Å². The predicted octanol–water partition coefficient (Wildman–Crippen LogP) is 0.763. The molecule has 0 radical (unpaired) electrons. The maximum atomic E-state index is 12.8. The van der Waals surface area contributed by atoms with Gasteiger partial charge in [-0.25, -0.2) is 0 Å². The van der Waals surface area contributed by atoms with Gasteiger partial charge in [-0.3, -0.25) is 9.48 Å². The van der Waals surface area contributed by atoms with Gasteiger partial charge in [-0.1, -0.05) is 0 Å². The third kappa shape index (κ3) is 3.54. The summed E-state index contributed by atoms with van der Waals surface area (Å²) in [5.74, 6) is -0.0566. The lowest BCUT2D eigenvalue weighted by Crippen LogP contribution is -2.46. The molecular formula is C17H21N5O3. The average molecular weight is 343 g/mol. The van der Waals surface area contributed by atoms with Crippen molar-refractivity contribution in [1.82, 2.24) is 24.9 Å². The Balaban J connectivity index is 1.46. The molecule has 8 nitrogen and oxygen atoms in total. The molecule has 0 N–H and O–H groups in total. The van der Waals surface area contributed by atoms with Crippen molar-refractivity contribution in [3.8, 4) is 0 Å². The van der Waals surface area contributed by atoms with E-state index in [-0.39, 0.29) is 12.0 Å². The minimum Gasteiger partial charge on any atom is -0.377 e. The Labute approximate surface area is 145 Å². The highest BCUT2D eigenvalue weighted by Gasteiger charge is 2.44. The van der Waals surface area contributed by atoms with E-state index in [1.54, 1.807) is 17.2 Å². The SMILES string of the molecule is O=C(c1ccnnc1)N1CCOC[C@]2(CC[C@H](Cn3cccn3)O2)C1. The largest absolute Gasteiger partial charge is 0.377 e. The minimum absolute atomic E-state index is 0.0566. The first-order chi connectivity index (χ1) is 12.2. The number of nitrogens with zero attached hydrogens (tertiary/aromatic N) is 5. The summed E-state index contributed by atoms with van der Waals surface area (Å²) in [4.78, 5) is 14.6. The van der Waals surface area contributed by atoms with Gasteiger partial charge in [-0.05, 0) is 25.0 Å². The second-order valence-electron chi connectivity index (χ2n) is 6.60. The summed E-state index contributed by atoms with van der Waals surface area (Å²) in [6.07, 6.45) is 8.62. The number of carbonyl (C=O) groups is 1. The molecule has 0 saturated carbocycles. The molecule has 2 atom stereocenters. The van der Waals surface area contributed by atoms with Crippen LogP contribution in [0.2, 0.25) is 0 Å². The van der Waals surface area contributed by atoms with E-state index in [0.717, 1.165) is 19.4 Å². The maximum Gasteiger partial charge on any atom is 0.255 e. The van der Waals surface area contributed by atoms with Crippen molar-refractivity contribution in [3.05, 3.63) is 42.5 Å². The quantitative estimate of drug-likeness (QED) is 0.818. The van der Waals surface area contributed by atoms with Gasteiger partial charge in [0.25, 0.3) is 5.91 Å². The van der Waals surface area contributed by atoms with Gasteiger partial charge < -0.3 is 14.4 Å². The average Bonchev–Trinajstić information content (AvgIpc) is 3.23. The van der Waals surface area contributed by atoms with Crippen LogP contribution < -0.4 is 0 Å². The van der Waals surface area contributed by atoms with Gasteiger partial charge >= 0.3 is 0 Å². The fourth-order valence-corrected chi connectivity index (χ4v) is 3.54. The highest BCUT2D eigenvalue weighted by Crippen LogP contribution is 2.34. The Hall–Kier alpha value is -2.32. The first kappa shape index (κ1) is 16.2. The number of ether oxygens (including phenoxy) is 2. The summed E-state index contributed by atoms with van der Waals surface area (Å²) in [5, 5.41) is 11.8. The molecule has 0 bridgehead atoms. The van der Waals surface area contributed by atoms with Crippen LogP contribution >= 0.6 is 0 Å². The second kappa shape index (κ2) is 6.89. The van der Waals surface area contributed by atoms with Crippen LogP contribution in [0, 0.1) is 0 Å². The molecular weight excluding hydrogens is 322 g/mol. The monoisotopic (exact) mass is 343 g/mol. The third-order valence-corrected chi connectivity index (χ3v) is 4.76. The highest BCUT2D eigenvalue weighted by molar-refractivity contribution is 5.93. The molecule has 2 aromatic heterocycles. The first-order valence-electron chi connectivity index (χ1n) is 8.53. The molecule has 2 aromatic rings. The molecule has 2 aliphatic heterocycles. The van der Waals surface area contributed by atoms with E-state index in [9.17, 15) is 4.79 Å². The molecule has 1 amide bonds. The van der Waals surface area contributed by atoms with Crippen LogP contribution in [0.3, 0.4) is 0 Å². The van der Waals surface area contributed by atoms with Crippen molar-refractivity contribution in [2.45, 2.75) is 31.1 Å². The molecule has 1 spiro atoms. The van der Waals surface area contributed by atoms with Crippen molar-refractivity contribution >= 4 is 5.91 Å². The molecule has 0 aliphatic carbocycles. The molecule has 2 aliphatic rings. The van der Waals surface area contributed by atoms with Crippen molar-refractivity contribution in [1.29, 1.82) is 0 Å². The molecule has 2 saturated heterocycles. The normalized spacial score (nSPS) is 26.7. The van der Waals surface area contributed by atoms with Gasteiger partial charge in [0, 0.05) is 18.9 Å². The Morgan fingerprint density at radius 2 is 2.32 bits per heavy atom. The van der Waals surface area contributed by atoms with Gasteiger partial charge in [0.05, 0.1) is 50.4 Å². The summed E-state index contributed by atoms with van der Waals surface area (Å²) in [6, 6.07) is 3.59. The summed E-state index contributed by atoms with van der Waals surface area (Å²) in [5.41, 5.74) is 0.0999. The second-order valence-corrected chi connectivity index (χ2v) is 6.60. The van der Waals surface area contributed by atoms with Crippen LogP contribution in [0.4, 0.5) is 0 Å². The molecule has 2 fully saturated rings. The van der Waals surface area contributed by atoms with Gasteiger partial charge in [0.1, 0.15) is 5.60 Å². The van der Waals surface area contributed by atoms with Crippen molar-refractivity contribution in [2.75, 3.05) is 26.3 Å². The van der Waals surface area contributed by atoms with Crippen LogP contribution in [0.15, 0.2) is 36.9 Å². The van der Waals surface area contributed by atoms with Gasteiger partial charge in [0.15, 0.2) is 0 Å². The molecule has 4 heterocycles. The fourth-order valence-electron chi connectivity index (χ4n) is 3.54. The number of carbonyl (C=O) groups excluding carboxylic acids is 1. The van der Waals surface area contributed by atoms with Gasteiger partial charge in [-0.2, -0.15) is 15.3 Å². The van der Waals surface area contributed by atoms with E-state index >= 15 is 0 Å². The van der Waals surface area contributed by atoms with Crippen LogP contribution in [-0.4, -0.2) is 68.8 Å². The number of amides is 1. The minimum atomic E-state index is -0.440. The zero-order valence-corrected chi connectivity index (χ0v) is 14.0. The Morgan fingerprint density at radius 1 is 1.36 bits per heavy atom. The molecule has 25 heavy (non-hydrogen) atoms. The lowest BCUT2D eigenvalue weighted by Gasteiger charge is -2.32. The Bertz CT molecular complexity index is 708. The highest BCUT2D eigenvalue weighted by atomic mass is 16.6. The summed E-state index contributed by atoms with van der Waals surface area (Å²) in [6.45, 7) is 2.83.